The van der Waals surface area contributed by atoms with Crippen molar-refractivity contribution in [3.8, 4) is 5.75 Å². The maximum Gasteiger partial charge on any atom is 0.134 e. The third kappa shape index (κ3) is 3.52. The molecule has 5 atom stereocenters. The minimum atomic E-state index is 0.104. The van der Waals surface area contributed by atoms with E-state index in [-0.39, 0.29) is 12.2 Å². The summed E-state index contributed by atoms with van der Waals surface area (Å²) in [6.45, 7) is 0.658. The molecular weight excluding hydrogens is 495 g/mol. The van der Waals surface area contributed by atoms with Gasteiger partial charge in [0.25, 0.3) is 0 Å². The van der Waals surface area contributed by atoms with Crippen LogP contribution in [0.3, 0.4) is 0 Å². The topological polar surface area (TPSA) is 18.5 Å². The molecule has 3 aliphatic carbocycles. The molecule has 0 heterocycles. The van der Waals surface area contributed by atoms with Crippen LogP contribution >= 0.6 is 22.6 Å². The highest BCUT2D eigenvalue weighted by Crippen LogP contribution is 2.54. The zero-order valence-corrected chi connectivity index (χ0v) is 19.4. The Bertz CT molecular complexity index is 1170. The van der Waals surface area contributed by atoms with Crippen molar-refractivity contribution < 1.29 is 9.47 Å². The number of halogens is 1. The normalized spacial score (nSPS) is 28.5. The molecule has 0 saturated heterocycles. The summed E-state index contributed by atoms with van der Waals surface area (Å²) < 4.78 is 14.3. The summed E-state index contributed by atoms with van der Waals surface area (Å²) in [7, 11) is 0. The van der Waals surface area contributed by atoms with Gasteiger partial charge in [-0.15, -0.1) is 0 Å². The molecule has 3 aromatic rings. The fourth-order valence-corrected chi connectivity index (χ4v) is 6.54. The first-order chi connectivity index (χ1) is 15.3. The molecule has 6 rings (SSSR count). The van der Waals surface area contributed by atoms with Crippen molar-refractivity contribution >= 4 is 33.4 Å². The van der Waals surface area contributed by atoms with E-state index in [0.29, 0.717) is 24.4 Å². The lowest BCUT2D eigenvalue weighted by Gasteiger charge is -2.39. The first-order valence-electron chi connectivity index (χ1n) is 11.1. The van der Waals surface area contributed by atoms with Crippen molar-refractivity contribution in [2.75, 3.05) is 0 Å². The fourth-order valence-electron chi connectivity index (χ4n) is 5.74. The third-order valence-electron chi connectivity index (χ3n) is 7.17. The van der Waals surface area contributed by atoms with E-state index >= 15 is 0 Å². The van der Waals surface area contributed by atoms with Crippen molar-refractivity contribution in [2.24, 2.45) is 17.8 Å². The third-order valence-corrected chi connectivity index (χ3v) is 8.28. The van der Waals surface area contributed by atoms with Gasteiger partial charge in [-0.2, -0.15) is 0 Å². The van der Waals surface area contributed by atoms with Crippen LogP contribution in [0.4, 0.5) is 0 Å². The fraction of sp³-hybridized carbons (Fsp3) is 0.286. The van der Waals surface area contributed by atoms with Crippen LogP contribution < -0.4 is 4.74 Å². The molecule has 0 radical (unpaired) electrons. The van der Waals surface area contributed by atoms with Gasteiger partial charge in [0.15, 0.2) is 0 Å². The van der Waals surface area contributed by atoms with Gasteiger partial charge in [-0.3, -0.25) is 0 Å². The van der Waals surface area contributed by atoms with Gasteiger partial charge in [-0.1, -0.05) is 78.4 Å². The minimum absolute atomic E-state index is 0.104. The van der Waals surface area contributed by atoms with Crippen LogP contribution in [-0.2, 0) is 11.3 Å². The molecule has 2 nitrogen and oxygen atoms in total. The molecule has 31 heavy (non-hydrogen) atoms. The largest absolute Gasteiger partial charge is 0.485 e. The second-order valence-corrected chi connectivity index (χ2v) is 9.99. The van der Waals surface area contributed by atoms with E-state index in [0.717, 1.165) is 5.75 Å². The van der Waals surface area contributed by atoms with E-state index in [1.165, 1.54) is 32.7 Å². The Kier molecular flexibility index (Phi) is 5.11. The summed E-state index contributed by atoms with van der Waals surface area (Å²) in [6, 6.07) is 23.3. The Morgan fingerprint density at radius 3 is 2.58 bits per heavy atom. The Morgan fingerprint density at radius 2 is 1.68 bits per heavy atom. The molecule has 0 unspecified atom stereocenters. The molecule has 1 saturated carbocycles. The van der Waals surface area contributed by atoms with Crippen LogP contribution in [0.2, 0.25) is 0 Å². The number of ether oxygens (including phenoxy) is 2. The highest BCUT2D eigenvalue weighted by Gasteiger charge is 2.51. The van der Waals surface area contributed by atoms with Crippen molar-refractivity contribution in [3.63, 3.8) is 0 Å². The standard InChI is InChI=1S/C28H25IO2/c29-28-22-9-5-4-8-19(22)12-13-25(28)31-24-15-14-23(30-17-18-6-2-1-3-7-18)26-20-10-11-21(16-20)27(24)26/h1-10,12-15,21,23-24,26-27H,11,16-17H2/t21-,23-,24-,26-,27+/m1/s1. The smallest absolute Gasteiger partial charge is 0.134 e. The van der Waals surface area contributed by atoms with E-state index in [4.69, 9.17) is 9.47 Å². The molecule has 0 amide bonds. The number of hydrogen-bond donors (Lipinski definition) is 0. The average Bonchev–Trinajstić information content (AvgIpc) is 3.44. The Labute approximate surface area is 197 Å². The molecule has 0 aromatic heterocycles. The summed E-state index contributed by atoms with van der Waals surface area (Å²) in [4.78, 5) is 0. The highest BCUT2D eigenvalue weighted by molar-refractivity contribution is 14.1. The molecule has 156 valence electrons. The summed E-state index contributed by atoms with van der Waals surface area (Å²) >= 11 is 2.44. The van der Waals surface area contributed by atoms with Gasteiger partial charge in [0.05, 0.1) is 16.3 Å². The van der Waals surface area contributed by atoms with Crippen LogP contribution in [0.15, 0.2) is 90.5 Å². The molecular formula is C28H25IO2. The van der Waals surface area contributed by atoms with Gasteiger partial charge in [-0.05, 0) is 69.8 Å². The Balaban J connectivity index is 1.27. The van der Waals surface area contributed by atoms with E-state index in [1.807, 2.05) is 0 Å². The second-order valence-electron chi connectivity index (χ2n) is 8.91. The van der Waals surface area contributed by atoms with Crippen LogP contribution in [-0.4, -0.2) is 12.2 Å². The highest BCUT2D eigenvalue weighted by atomic mass is 127. The van der Waals surface area contributed by atoms with Crippen LogP contribution in [0.5, 0.6) is 5.75 Å². The lowest BCUT2D eigenvalue weighted by molar-refractivity contribution is -0.00652. The maximum atomic E-state index is 6.69. The van der Waals surface area contributed by atoms with Crippen LogP contribution in [0.1, 0.15) is 18.4 Å². The summed E-state index contributed by atoms with van der Waals surface area (Å²) in [5.41, 5.74) is 2.81. The molecule has 3 heteroatoms. The quantitative estimate of drug-likeness (QED) is 0.268. The zero-order valence-electron chi connectivity index (χ0n) is 17.3. The van der Waals surface area contributed by atoms with E-state index in [1.54, 1.807) is 5.57 Å². The van der Waals surface area contributed by atoms with Crippen molar-refractivity contribution in [1.82, 2.24) is 0 Å². The van der Waals surface area contributed by atoms with E-state index < -0.39 is 0 Å². The lowest BCUT2D eigenvalue weighted by Crippen LogP contribution is -2.42. The van der Waals surface area contributed by atoms with Gasteiger partial charge >= 0.3 is 0 Å². The van der Waals surface area contributed by atoms with Crippen molar-refractivity contribution in [1.29, 1.82) is 0 Å². The molecule has 3 aliphatic rings. The molecule has 0 N–H and O–H groups in total. The number of benzene rings is 3. The predicted molar refractivity (Wildman–Crippen MR) is 133 cm³/mol. The maximum absolute atomic E-state index is 6.69. The van der Waals surface area contributed by atoms with Gasteiger partial charge in [-0.25, -0.2) is 0 Å². The number of fused-ring (bicyclic) bond motifs is 6. The van der Waals surface area contributed by atoms with Gasteiger partial charge < -0.3 is 9.47 Å². The van der Waals surface area contributed by atoms with Crippen molar-refractivity contribution in [2.45, 2.75) is 31.7 Å². The SMILES string of the molecule is Ic1c(O[C@@H]2C=C[C@@H](OCc3ccccc3)[C@H]3C4=CC[C@H](C4)[C@H]32)ccc2ccccc12. The first-order valence-corrected chi connectivity index (χ1v) is 12.2. The van der Waals surface area contributed by atoms with E-state index in [9.17, 15) is 0 Å². The van der Waals surface area contributed by atoms with E-state index in [2.05, 4.69) is 108 Å². The van der Waals surface area contributed by atoms with Crippen molar-refractivity contribution in [3.05, 3.63) is 99.7 Å². The minimum Gasteiger partial charge on any atom is -0.485 e. The van der Waals surface area contributed by atoms with Gasteiger partial charge in [0.1, 0.15) is 11.9 Å². The monoisotopic (exact) mass is 520 g/mol. The number of allylic oxidation sites excluding steroid dienone is 1. The van der Waals surface area contributed by atoms with Crippen LogP contribution in [0.25, 0.3) is 10.8 Å². The van der Waals surface area contributed by atoms with Crippen LogP contribution in [0, 0.1) is 21.3 Å². The molecule has 0 spiro atoms. The Morgan fingerprint density at radius 1 is 0.871 bits per heavy atom. The Hall–Kier alpha value is -2.11. The number of hydrogen-bond acceptors (Lipinski definition) is 2. The molecule has 2 bridgehead atoms. The first kappa shape index (κ1) is 19.6. The molecule has 1 fully saturated rings. The second kappa shape index (κ2) is 8.10. The summed E-state index contributed by atoms with van der Waals surface area (Å²) in [5, 5.41) is 2.52. The predicted octanol–water partition coefficient (Wildman–Crippen LogP) is 6.93. The van der Waals surface area contributed by atoms with Gasteiger partial charge in [0.2, 0.25) is 0 Å². The van der Waals surface area contributed by atoms with Gasteiger partial charge in [0, 0.05) is 11.8 Å². The number of rotatable bonds is 5. The summed E-state index contributed by atoms with van der Waals surface area (Å²) in [6.07, 6.45) is 9.61. The lowest BCUT2D eigenvalue weighted by atomic mass is 9.73. The molecule has 0 aliphatic heterocycles. The zero-order chi connectivity index (χ0) is 20.8. The summed E-state index contributed by atoms with van der Waals surface area (Å²) in [5.74, 6) is 2.60. The average molecular weight is 520 g/mol. The molecule has 3 aromatic carbocycles.